The Kier molecular flexibility index (Phi) is 4.76. The molecule has 0 aliphatic rings. The SMILES string of the molecule is COc1ccc(COc2ncc(Br)cc2CN)cc1. The van der Waals surface area contributed by atoms with Gasteiger partial charge in [0.05, 0.1) is 7.11 Å². The van der Waals surface area contributed by atoms with Crippen LogP contribution in [0.15, 0.2) is 41.0 Å². The summed E-state index contributed by atoms with van der Waals surface area (Å²) in [5, 5.41) is 0. The lowest BCUT2D eigenvalue weighted by molar-refractivity contribution is 0.290. The summed E-state index contributed by atoms with van der Waals surface area (Å²) in [4.78, 5) is 4.22. The maximum absolute atomic E-state index is 5.69. The lowest BCUT2D eigenvalue weighted by Crippen LogP contribution is -2.04. The van der Waals surface area contributed by atoms with E-state index >= 15 is 0 Å². The van der Waals surface area contributed by atoms with E-state index in [1.54, 1.807) is 13.3 Å². The summed E-state index contributed by atoms with van der Waals surface area (Å²) < 4.78 is 11.7. The molecule has 1 aromatic carbocycles. The molecule has 0 bridgehead atoms. The smallest absolute Gasteiger partial charge is 0.218 e. The largest absolute Gasteiger partial charge is 0.497 e. The fraction of sp³-hybridized carbons (Fsp3) is 0.214. The van der Waals surface area contributed by atoms with Crippen molar-refractivity contribution in [2.75, 3.05) is 7.11 Å². The van der Waals surface area contributed by atoms with Crippen molar-refractivity contribution in [3.63, 3.8) is 0 Å². The van der Waals surface area contributed by atoms with Crippen molar-refractivity contribution < 1.29 is 9.47 Å². The number of aromatic nitrogens is 1. The van der Waals surface area contributed by atoms with E-state index in [0.717, 1.165) is 21.3 Å². The molecule has 100 valence electrons. The van der Waals surface area contributed by atoms with Crippen molar-refractivity contribution in [2.45, 2.75) is 13.2 Å². The lowest BCUT2D eigenvalue weighted by atomic mass is 10.2. The second kappa shape index (κ2) is 6.54. The number of pyridine rings is 1. The summed E-state index contributed by atoms with van der Waals surface area (Å²) in [5.41, 5.74) is 7.60. The van der Waals surface area contributed by atoms with Gasteiger partial charge in [0.15, 0.2) is 0 Å². The number of nitrogens with zero attached hydrogens (tertiary/aromatic N) is 1. The Hall–Kier alpha value is -1.59. The molecule has 0 aliphatic heterocycles. The van der Waals surface area contributed by atoms with Gasteiger partial charge in [-0.3, -0.25) is 0 Å². The van der Waals surface area contributed by atoms with Crippen molar-refractivity contribution in [1.82, 2.24) is 4.98 Å². The van der Waals surface area contributed by atoms with E-state index in [9.17, 15) is 0 Å². The van der Waals surface area contributed by atoms with Crippen LogP contribution in [0.3, 0.4) is 0 Å². The summed E-state index contributed by atoms with van der Waals surface area (Å²) >= 11 is 3.36. The molecule has 0 atom stereocenters. The first kappa shape index (κ1) is 13.8. The maximum Gasteiger partial charge on any atom is 0.218 e. The lowest BCUT2D eigenvalue weighted by Gasteiger charge is -2.10. The number of halogens is 1. The zero-order valence-corrected chi connectivity index (χ0v) is 12.2. The van der Waals surface area contributed by atoms with Crippen LogP contribution in [0, 0.1) is 0 Å². The Labute approximate surface area is 120 Å². The molecule has 0 unspecified atom stereocenters. The standard InChI is InChI=1S/C14H15BrN2O2/c1-18-13-4-2-10(3-5-13)9-19-14-11(7-16)6-12(15)8-17-14/h2-6,8H,7,9,16H2,1H3. The highest BCUT2D eigenvalue weighted by Gasteiger charge is 2.05. The number of methoxy groups -OCH3 is 1. The van der Waals surface area contributed by atoms with Crippen molar-refractivity contribution in [3.8, 4) is 11.6 Å². The molecule has 0 fully saturated rings. The van der Waals surface area contributed by atoms with Crippen molar-refractivity contribution in [2.24, 2.45) is 5.73 Å². The first-order valence-corrected chi connectivity index (χ1v) is 6.62. The van der Waals surface area contributed by atoms with Gasteiger partial charge >= 0.3 is 0 Å². The molecule has 1 aromatic heterocycles. The zero-order valence-electron chi connectivity index (χ0n) is 10.6. The highest BCUT2D eigenvalue weighted by molar-refractivity contribution is 9.10. The van der Waals surface area contributed by atoms with E-state index in [1.807, 2.05) is 30.3 Å². The summed E-state index contributed by atoms with van der Waals surface area (Å²) in [6.07, 6.45) is 1.70. The molecule has 4 nitrogen and oxygen atoms in total. The number of hydrogen-bond donors (Lipinski definition) is 1. The van der Waals surface area contributed by atoms with Gasteiger partial charge < -0.3 is 15.2 Å². The predicted octanol–water partition coefficient (Wildman–Crippen LogP) is 2.89. The van der Waals surface area contributed by atoms with Gasteiger partial charge in [0.2, 0.25) is 5.88 Å². The van der Waals surface area contributed by atoms with Gasteiger partial charge in [-0.25, -0.2) is 4.98 Å². The van der Waals surface area contributed by atoms with Crippen molar-refractivity contribution in [3.05, 3.63) is 52.1 Å². The second-order valence-corrected chi connectivity index (χ2v) is 4.87. The van der Waals surface area contributed by atoms with Gasteiger partial charge in [-0.05, 0) is 39.7 Å². The van der Waals surface area contributed by atoms with Gasteiger partial charge in [0.1, 0.15) is 12.4 Å². The van der Waals surface area contributed by atoms with Crippen LogP contribution in [0.2, 0.25) is 0 Å². The molecule has 2 rings (SSSR count). The monoisotopic (exact) mass is 322 g/mol. The summed E-state index contributed by atoms with van der Waals surface area (Å²) in [5.74, 6) is 1.40. The van der Waals surface area contributed by atoms with Crippen LogP contribution in [0.25, 0.3) is 0 Å². The van der Waals surface area contributed by atoms with E-state index in [1.165, 1.54) is 0 Å². The van der Waals surface area contributed by atoms with Gasteiger partial charge in [-0.15, -0.1) is 0 Å². The zero-order chi connectivity index (χ0) is 13.7. The molecule has 0 aliphatic carbocycles. The number of ether oxygens (including phenoxy) is 2. The number of hydrogen-bond acceptors (Lipinski definition) is 4. The van der Waals surface area contributed by atoms with Crippen LogP contribution in [0.4, 0.5) is 0 Å². The first-order valence-electron chi connectivity index (χ1n) is 5.83. The van der Waals surface area contributed by atoms with Crippen LogP contribution < -0.4 is 15.2 Å². The predicted molar refractivity (Wildman–Crippen MR) is 77.2 cm³/mol. The normalized spacial score (nSPS) is 10.3. The average molecular weight is 323 g/mol. The summed E-state index contributed by atoms with van der Waals surface area (Å²) in [6.45, 7) is 0.843. The minimum atomic E-state index is 0.393. The molecule has 0 spiro atoms. The second-order valence-electron chi connectivity index (χ2n) is 3.96. The van der Waals surface area contributed by atoms with E-state index < -0.39 is 0 Å². The number of rotatable bonds is 5. The van der Waals surface area contributed by atoms with Crippen LogP contribution in [-0.2, 0) is 13.2 Å². The fourth-order valence-corrected chi connectivity index (χ4v) is 2.00. The first-order chi connectivity index (χ1) is 9.22. The molecular formula is C14H15BrN2O2. The molecule has 2 N–H and O–H groups in total. The maximum atomic E-state index is 5.69. The molecule has 2 aromatic rings. The third-order valence-corrected chi connectivity index (χ3v) is 3.08. The Balaban J connectivity index is 2.05. The average Bonchev–Trinajstić information content (AvgIpc) is 2.46. The molecule has 19 heavy (non-hydrogen) atoms. The highest BCUT2D eigenvalue weighted by Crippen LogP contribution is 2.21. The third-order valence-electron chi connectivity index (χ3n) is 2.65. The number of nitrogens with two attached hydrogens (primary N) is 1. The van der Waals surface area contributed by atoms with Crippen LogP contribution >= 0.6 is 15.9 Å². The molecule has 0 saturated carbocycles. The minimum Gasteiger partial charge on any atom is -0.497 e. The van der Waals surface area contributed by atoms with Gasteiger partial charge in [-0.2, -0.15) is 0 Å². The highest BCUT2D eigenvalue weighted by atomic mass is 79.9. The quantitative estimate of drug-likeness (QED) is 0.919. The Morgan fingerprint density at radius 3 is 2.63 bits per heavy atom. The van der Waals surface area contributed by atoms with Gasteiger partial charge in [0.25, 0.3) is 0 Å². The van der Waals surface area contributed by atoms with Gasteiger partial charge in [0, 0.05) is 22.8 Å². The Morgan fingerprint density at radius 2 is 2.00 bits per heavy atom. The van der Waals surface area contributed by atoms with Crippen LogP contribution in [0.5, 0.6) is 11.6 Å². The molecule has 5 heteroatoms. The summed E-state index contributed by atoms with van der Waals surface area (Å²) in [7, 11) is 1.64. The van der Waals surface area contributed by atoms with Gasteiger partial charge in [-0.1, -0.05) is 12.1 Å². The van der Waals surface area contributed by atoms with Crippen LogP contribution in [0.1, 0.15) is 11.1 Å². The third kappa shape index (κ3) is 3.68. The van der Waals surface area contributed by atoms with E-state index in [0.29, 0.717) is 19.0 Å². The summed E-state index contributed by atoms with van der Waals surface area (Å²) in [6, 6.07) is 9.63. The Bertz CT molecular complexity index is 544. The fourth-order valence-electron chi connectivity index (χ4n) is 1.62. The van der Waals surface area contributed by atoms with E-state index in [4.69, 9.17) is 15.2 Å². The van der Waals surface area contributed by atoms with E-state index in [2.05, 4.69) is 20.9 Å². The Morgan fingerprint density at radius 1 is 1.26 bits per heavy atom. The minimum absolute atomic E-state index is 0.393. The van der Waals surface area contributed by atoms with Crippen LogP contribution in [-0.4, -0.2) is 12.1 Å². The molecule has 0 amide bonds. The topological polar surface area (TPSA) is 57.4 Å². The number of benzene rings is 1. The van der Waals surface area contributed by atoms with Crippen molar-refractivity contribution >= 4 is 15.9 Å². The van der Waals surface area contributed by atoms with E-state index in [-0.39, 0.29) is 0 Å². The molecule has 1 heterocycles. The molecular weight excluding hydrogens is 308 g/mol. The molecule has 0 saturated heterocycles. The molecule has 0 radical (unpaired) electrons. The van der Waals surface area contributed by atoms with Crippen molar-refractivity contribution in [1.29, 1.82) is 0 Å².